The summed E-state index contributed by atoms with van der Waals surface area (Å²) < 4.78 is 1.91. The summed E-state index contributed by atoms with van der Waals surface area (Å²) in [7, 11) is 3.95. The number of hydrogen-bond donors (Lipinski definition) is 2. The van der Waals surface area contributed by atoms with E-state index in [0.717, 1.165) is 37.2 Å². The quantitative estimate of drug-likeness (QED) is 0.756. The van der Waals surface area contributed by atoms with E-state index in [-0.39, 0.29) is 11.4 Å². The lowest BCUT2D eigenvalue weighted by atomic mass is 9.86. The van der Waals surface area contributed by atoms with Crippen molar-refractivity contribution < 1.29 is 4.79 Å². The van der Waals surface area contributed by atoms with Crippen LogP contribution in [0.5, 0.6) is 0 Å². The molecule has 0 radical (unpaired) electrons. The molecule has 0 atom stereocenters. The van der Waals surface area contributed by atoms with E-state index in [4.69, 9.17) is 0 Å². The van der Waals surface area contributed by atoms with Gasteiger partial charge in [-0.1, -0.05) is 0 Å². The van der Waals surface area contributed by atoms with Crippen LogP contribution in [-0.4, -0.2) is 52.3 Å². The van der Waals surface area contributed by atoms with Gasteiger partial charge in [0, 0.05) is 38.6 Å². The lowest BCUT2D eigenvalue weighted by Crippen LogP contribution is -2.34. The summed E-state index contributed by atoms with van der Waals surface area (Å²) in [6, 6.07) is 4.14. The summed E-state index contributed by atoms with van der Waals surface area (Å²) >= 11 is 0. The van der Waals surface area contributed by atoms with Gasteiger partial charge >= 0.3 is 0 Å². The molecule has 164 valence electrons. The van der Waals surface area contributed by atoms with Crippen LogP contribution in [0, 0.1) is 12.8 Å². The zero-order valence-electron chi connectivity index (χ0n) is 19.1. The Kier molecular flexibility index (Phi) is 6.63. The number of rotatable bonds is 6. The molecule has 1 amide bonds. The van der Waals surface area contributed by atoms with Crippen molar-refractivity contribution in [3.05, 3.63) is 29.7 Å². The molecule has 0 bridgehead atoms. The zero-order chi connectivity index (χ0) is 21.9. The van der Waals surface area contributed by atoms with Crippen LogP contribution >= 0.6 is 0 Å². The maximum absolute atomic E-state index is 12.6. The van der Waals surface area contributed by atoms with Crippen LogP contribution in [0.2, 0.25) is 0 Å². The SMILES string of the molecule is Cc1cc(C(=O)NCC2CCC(Nc3nccc(N(C)C)n3)CC2)nn1C(C)(C)C. The van der Waals surface area contributed by atoms with Gasteiger partial charge in [-0.3, -0.25) is 9.48 Å². The van der Waals surface area contributed by atoms with Gasteiger partial charge in [-0.25, -0.2) is 4.98 Å². The summed E-state index contributed by atoms with van der Waals surface area (Å²) in [5, 5.41) is 11.0. The van der Waals surface area contributed by atoms with Crippen LogP contribution < -0.4 is 15.5 Å². The van der Waals surface area contributed by atoms with Crippen LogP contribution in [-0.2, 0) is 5.54 Å². The van der Waals surface area contributed by atoms with Crippen molar-refractivity contribution in [2.45, 2.75) is 65.0 Å². The van der Waals surface area contributed by atoms with Crippen molar-refractivity contribution in [2.75, 3.05) is 30.9 Å². The van der Waals surface area contributed by atoms with Crippen molar-refractivity contribution >= 4 is 17.7 Å². The highest BCUT2D eigenvalue weighted by Gasteiger charge is 2.24. The predicted octanol–water partition coefficient (Wildman–Crippen LogP) is 3.20. The Hall–Kier alpha value is -2.64. The standard InChI is InChI=1S/C22H35N7O/c1-15-13-18(27-29(15)22(2,3)4)20(30)24-14-16-7-9-17(10-8-16)25-21-23-12-11-19(26-21)28(5)6/h11-13,16-17H,7-10,14H2,1-6H3,(H,24,30)(H,23,25,26). The minimum Gasteiger partial charge on any atom is -0.363 e. The molecule has 0 aromatic carbocycles. The lowest BCUT2D eigenvalue weighted by molar-refractivity contribution is 0.0936. The molecule has 2 aromatic rings. The maximum Gasteiger partial charge on any atom is 0.271 e. The number of amides is 1. The van der Waals surface area contributed by atoms with Crippen molar-refractivity contribution in [1.29, 1.82) is 0 Å². The highest BCUT2D eigenvalue weighted by atomic mass is 16.1. The first-order valence-electron chi connectivity index (χ1n) is 10.8. The van der Waals surface area contributed by atoms with Crippen molar-refractivity contribution in [1.82, 2.24) is 25.1 Å². The number of aromatic nitrogens is 4. The number of anilines is 2. The second kappa shape index (κ2) is 9.02. The molecule has 30 heavy (non-hydrogen) atoms. The maximum atomic E-state index is 12.6. The molecule has 1 saturated carbocycles. The average Bonchev–Trinajstić information content (AvgIpc) is 3.10. The van der Waals surface area contributed by atoms with E-state index in [0.29, 0.717) is 30.1 Å². The van der Waals surface area contributed by atoms with Gasteiger partial charge < -0.3 is 15.5 Å². The van der Waals surface area contributed by atoms with E-state index in [1.807, 2.05) is 42.7 Å². The van der Waals surface area contributed by atoms with E-state index in [9.17, 15) is 4.79 Å². The minimum absolute atomic E-state index is 0.0877. The van der Waals surface area contributed by atoms with E-state index < -0.39 is 0 Å². The topological polar surface area (TPSA) is 88.0 Å². The molecule has 1 fully saturated rings. The van der Waals surface area contributed by atoms with E-state index in [2.05, 4.69) is 46.5 Å². The fourth-order valence-electron chi connectivity index (χ4n) is 3.95. The summed E-state index contributed by atoms with van der Waals surface area (Å²) in [5.74, 6) is 1.98. The van der Waals surface area contributed by atoms with Crippen LogP contribution in [0.15, 0.2) is 18.3 Å². The second-order valence-electron chi connectivity index (χ2n) is 9.46. The Bertz CT molecular complexity index is 861. The van der Waals surface area contributed by atoms with E-state index in [1.165, 1.54) is 0 Å². The van der Waals surface area contributed by atoms with Crippen molar-refractivity contribution in [2.24, 2.45) is 5.92 Å². The molecule has 0 unspecified atom stereocenters. The molecule has 2 N–H and O–H groups in total. The molecule has 8 heteroatoms. The number of nitrogens with zero attached hydrogens (tertiary/aromatic N) is 5. The number of nitrogens with one attached hydrogen (secondary N) is 2. The summed E-state index contributed by atoms with van der Waals surface area (Å²) in [5.41, 5.74) is 1.36. The summed E-state index contributed by atoms with van der Waals surface area (Å²) in [4.78, 5) is 23.4. The van der Waals surface area contributed by atoms with E-state index in [1.54, 1.807) is 6.20 Å². The zero-order valence-corrected chi connectivity index (χ0v) is 19.1. The predicted molar refractivity (Wildman–Crippen MR) is 120 cm³/mol. The minimum atomic E-state index is -0.135. The normalized spacial score (nSPS) is 19.4. The van der Waals surface area contributed by atoms with Crippen LogP contribution in [0.4, 0.5) is 11.8 Å². The number of carbonyl (C=O) groups is 1. The van der Waals surface area contributed by atoms with Crippen LogP contribution in [0.1, 0.15) is 62.6 Å². The molecule has 0 spiro atoms. The molecule has 0 saturated heterocycles. The first-order valence-corrected chi connectivity index (χ1v) is 10.8. The molecule has 1 aliphatic rings. The monoisotopic (exact) mass is 413 g/mol. The molecular weight excluding hydrogens is 378 g/mol. The Labute approximate surface area is 179 Å². The highest BCUT2D eigenvalue weighted by Crippen LogP contribution is 2.26. The van der Waals surface area contributed by atoms with Gasteiger partial charge in [0.1, 0.15) is 11.5 Å². The number of hydrogen-bond acceptors (Lipinski definition) is 6. The van der Waals surface area contributed by atoms with E-state index >= 15 is 0 Å². The molecule has 2 heterocycles. The smallest absolute Gasteiger partial charge is 0.271 e. The Morgan fingerprint density at radius 2 is 1.93 bits per heavy atom. The van der Waals surface area contributed by atoms with Crippen molar-refractivity contribution in [3.63, 3.8) is 0 Å². The number of carbonyl (C=O) groups excluding carboxylic acids is 1. The fourth-order valence-corrected chi connectivity index (χ4v) is 3.95. The van der Waals surface area contributed by atoms with Crippen LogP contribution in [0.3, 0.4) is 0 Å². The Morgan fingerprint density at radius 3 is 2.53 bits per heavy atom. The fraction of sp³-hybridized carbons (Fsp3) is 0.636. The van der Waals surface area contributed by atoms with Crippen molar-refractivity contribution in [3.8, 4) is 0 Å². The van der Waals surface area contributed by atoms with Gasteiger partial charge in [-0.05, 0) is 71.4 Å². The number of aryl methyl sites for hydroxylation is 1. The first-order chi connectivity index (χ1) is 14.1. The third-order valence-corrected chi connectivity index (χ3v) is 5.59. The van der Waals surface area contributed by atoms with Gasteiger partial charge in [0.25, 0.3) is 5.91 Å². The highest BCUT2D eigenvalue weighted by molar-refractivity contribution is 5.92. The molecule has 8 nitrogen and oxygen atoms in total. The third kappa shape index (κ3) is 5.49. The molecular formula is C22H35N7O. The van der Waals surface area contributed by atoms with Gasteiger partial charge in [-0.15, -0.1) is 0 Å². The van der Waals surface area contributed by atoms with Gasteiger partial charge in [-0.2, -0.15) is 10.1 Å². The molecule has 1 aliphatic carbocycles. The largest absolute Gasteiger partial charge is 0.363 e. The molecule has 0 aliphatic heterocycles. The van der Waals surface area contributed by atoms with Gasteiger partial charge in [0.05, 0.1) is 5.54 Å². The van der Waals surface area contributed by atoms with Gasteiger partial charge in [0.15, 0.2) is 0 Å². The Morgan fingerprint density at radius 1 is 1.23 bits per heavy atom. The summed E-state index contributed by atoms with van der Waals surface area (Å²) in [6.45, 7) is 8.94. The third-order valence-electron chi connectivity index (χ3n) is 5.59. The average molecular weight is 414 g/mol. The second-order valence-corrected chi connectivity index (χ2v) is 9.46. The molecule has 3 rings (SSSR count). The van der Waals surface area contributed by atoms with Gasteiger partial charge in [0.2, 0.25) is 5.95 Å². The Balaban J connectivity index is 1.46. The lowest BCUT2D eigenvalue weighted by Gasteiger charge is -2.29. The van der Waals surface area contributed by atoms with Crippen LogP contribution in [0.25, 0.3) is 0 Å². The first kappa shape index (κ1) is 22.1. The summed E-state index contributed by atoms with van der Waals surface area (Å²) in [6.07, 6.45) is 6.03. The molecule has 2 aromatic heterocycles.